The highest BCUT2D eigenvalue weighted by Crippen LogP contribution is 2.34. The van der Waals surface area contributed by atoms with Crippen LogP contribution in [-0.4, -0.2) is 16.1 Å². The number of rotatable bonds is 4. The number of para-hydroxylation sites is 1. The molecule has 0 fully saturated rings. The van der Waals surface area contributed by atoms with E-state index in [1.807, 2.05) is 26.8 Å². The van der Waals surface area contributed by atoms with Gasteiger partial charge in [-0.1, -0.05) is 39.0 Å². The molecule has 0 spiro atoms. The summed E-state index contributed by atoms with van der Waals surface area (Å²) in [6.45, 7) is 8.18. The number of H-pyrrole nitrogens is 1. The van der Waals surface area contributed by atoms with Gasteiger partial charge < -0.3 is 10.1 Å². The maximum absolute atomic E-state index is 11.1. The summed E-state index contributed by atoms with van der Waals surface area (Å²) in [4.78, 5) is 14.5. The zero-order chi connectivity index (χ0) is 14.9. The molecular weight excluding hydrogens is 250 g/mol. The van der Waals surface area contributed by atoms with Crippen molar-refractivity contribution in [2.45, 2.75) is 34.1 Å². The molecule has 2 N–H and O–H groups in total. The van der Waals surface area contributed by atoms with Gasteiger partial charge in [-0.2, -0.15) is 0 Å². The lowest BCUT2D eigenvalue weighted by Gasteiger charge is -2.11. The minimum absolute atomic E-state index is 0.161. The Bertz CT molecular complexity index is 678. The topological polar surface area (TPSA) is 53.1 Å². The summed E-state index contributed by atoms with van der Waals surface area (Å²) in [6, 6.07) is 6.21. The van der Waals surface area contributed by atoms with Crippen molar-refractivity contribution in [3.8, 4) is 0 Å². The van der Waals surface area contributed by atoms with Crippen LogP contribution >= 0.6 is 0 Å². The maximum Gasteiger partial charge on any atom is 0.328 e. The number of nitrogens with one attached hydrogen (secondary N) is 1. The van der Waals surface area contributed by atoms with Crippen LogP contribution in [0.4, 0.5) is 0 Å². The largest absolute Gasteiger partial charge is 0.478 e. The lowest BCUT2D eigenvalue weighted by atomic mass is 9.92. The Balaban J connectivity index is 2.76. The summed E-state index contributed by atoms with van der Waals surface area (Å²) >= 11 is 0. The SMILES string of the molecule is CCc1cccc2c(/C(=C/C(=O)O)C(C)C)c(C)[nH]c12. The number of carboxylic acid groups (broad SMARTS) is 1. The Hall–Kier alpha value is -2.03. The van der Waals surface area contributed by atoms with Crippen molar-refractivity contribution in [2.75, 3.05) is 0 Å². The van der Waals surface area contributed by atoms with Crippen LogP contribution in [0.1, 0.15) is 37.6 Å². The number of aromatic amines is 1. The third kappa shape index (κ3) is 2.48. The Morgan fingerprint density at radius 2 is 2.10 bits per heavy atom. The smallest absolute Gasteiger partial charge is 0.328 e. The molecule has 0 aliphatic heterocycles. The van der Waals surface area contributed by atoms with E-state index in [-0.39, 0.29) is 5.92 Å². The van der Waals surface area contributed by atoms with E-state index < -0.39 is 5.97 Å². The van der Waals surface area contributed by atoms with Crippen LogP contribution in [0.15, 0.2) is 24.3 Å². The van der Waals surface area contributed by atoms with Crippen molar-refractivity contribution in [1.29, 1.82) is 0 Å². The first-order valence-corrected chi connectivity index (χ1v) is 7.00. The lowest BCUT2D eigenvalue weighted by Crippen LogP contribution is -1.99. The molecule has 0 amide bonds. The Morgan fingerprint density at radius 3 is 2.65 bits per heavy atom. The predicted molar refractivity (Wildman–Crippen MR) is 82.9 cm³/mol. The van der Waals surface area contributed by atoms with Gasteiger partial charge in [0.05, 0.1) is 0 Å². The summed E-state index contributed by atoms with van der Waals surface area (Å²) < 4.78 is 0. The third-order valence-corrected chi connectivity index (χ3v) is 3.68. The van der Waals surface area contributed by atoms with E-state index in [4.69, 9.17) is 5.11 Å². The van der Waals surface area contributed by atoms with Crippen molar-refractivity contribution in [3.05, 3.63) is 41.1 Å². The number of aliphatic carboxylic acids is 1. The first-order chi connectivity index (χ1) is 9.45. The highest BCUT2D eigenvalue weighted by molar-refractivity contribution is 6.00. The van der Waals surface area contributed by atoms with Gasteiger partial charge in [-0.3, -0.25) is 0 Å². The predicted octanol–water partition coefficient (Wildman–Crippen LogP) is 4.16. The minimum atomic E-state index is -0.894. The fourth-order valence-corrected chi connectivity index (χ4v) is 2.74. The molecule has 0 saturated carbocycles. The average molecular weight is 271 g/mol. The van der Waals surface area contributed by atoms with Crippen LogP contribution in [0.2, 0.25) is 0 Å². The Morgan fingerprint density at radius 1 is 1.40 bits per heavy atom. The number of carboxylic acids is 1. The number of aromatic nitrogens is 1. The van der Waals surface area contributed by atoms with Gasteiger partial charge >= 0.3 is 5.97 Å². The molecule has 0 bridgehead atoms. The van der Waals surface area contributed by atoms with Gasteiger partial charge in [0.15, 0.2) is 0 Å². The van der Waals surface area contributed by atoms with E-state index in [9.17, 15) is 4.79 Å². The molecule has 3 nitrogen and oxygen atoms in total. The van der Waals surface area contributed by atoms with Crippen LogP contribution in [0.5, 0.6) is 0 Å². The monoisotopic (exact) mass is 271 g/mol. The molecule has 0 unspecified atom stereocenters. The molecule has 106 valence electrons. The molecule has 0 aliphatic carbocycles. The zero-order valence-corrected chi connectivity index (χ0v) is 12.4. The average Bonchev–Trinajstić information content (AvgIpc) is 2.71. The molecule has 0 saturated heterocycles. The van der Waals surface area contributed by atoms with Gasteiger partial charge in [-0.15, -0.1) is 0 Å². The number of aryl methyl sites for hydroxylation is 2. The van der Waals surface area contributed by atoms with Gasteiger partial charge in [0, 0.05) is 28.2 Å². The quantitative estimate of drug-likeness (QED) is 0.820. The van der Waals surface area contributed by atoms with E-state index in [2.05, 4.69) is 24.0 Å². The minimum Gasteiger partial charge on any atom is -0.478 e. The Labute approximate surface area is 119 Å². The van der Waals surface area contributed by atoms with Crippen molar-refractivity contribution in [1.82, 2.24) is 4.98 Å². The summed E-state index contributed by atoms with van der Waals surface area (Å²) in [6.07, 6.45) is 2.29. The van der Waals surface area contributed by atoms with Gasteiger partial charge in [-0.25, -0.2) is 4.79 Å². The highest BCUT2D eigenvalue weighted by atomic mass is 16.4. The number of carbonyl (C=O) groups is 1. The molecule has 0 atom stereocenters. The Kier molecular flexibility index (Phi) is 3.98. The zero-order valence-electron chi connectivity index (χ0n) is 12.4. The number of hydrogen-bond donors (Lipinski definition) is 2. The number of hydrogen-bond acceptors (Lipinski definition) is 1. The summed E-state index contributed by atoms with van der Waals surface area (Å²) in [5.74, 6) is -0.733. The molecule has 1 heterocycles. The van der Waals surface area contributed by atoms with Gasteiger partial charge in [0.2, 0.25) is 0 Å². The molecule has 2 aromatic rings. The highest BCUT2D eigenvalue weighted by Gasteiger charge is 2.17. The molecule has 1 aromatic carbocycles. The second-order valence-electron chi connectivity index (χ2n) is 5.41. The molecule has 20 heavy (non-hydrogen) atoms. The van der Waals surface area contributed by atoms with E-state index in [0.29, 0.717) is 0 Å². The van der Waals surface area contributed by atoms with Crippen molar-refractivity contribution >= 4 is 22.4 Å². The van der Waals surface area contributed by atoms with Crippen molar-refractivity contribution in [2.24, 2.45) is 5.92 Å². The fraction of sp³-hybridized carbons (Fsp3) is 0.353. The maximum atomic E-state index is 11.1. The normalized spacial score (nSPS) is 12.3. The van der Waals surface area contributed by atoms with Crippen LogP contribution < -0.4 is 0 Å². The summed E-state index contributed by atoms with van der Waals surface area (Å²) in [5.41, 5.74) is 5.32. The number of fused-ring (bicyclic) bond motifs is 1. The molecule has 0 radical (unpaired) electrons. The van der Waals surface area contributed by atoms with Crippen LogP contribution in [0, 0.1) is 12.8 Å². The molecule has 2 rings (SSSR count). The van der Waals surface area contributed by atoms with E-state index in [1.54, 1.807) is 0 Å². The van der Waals surface area contributed by atoms with E-state index in [0.717, 1.165) is 34.2 Å². The van der Waals surface area contributed by atoms with Crippen LogP contribution in [0.3, 0.4) is 0 Å². The third-order valence-electron chi connectivity index (χ3n) is 3.68. The van der Waals surface area contributed by atoms with Gasteiger partial charge in [-0.05, 0) is 30.4 Å². The molecule has 0 aliphatic rings. The first-order valence-electron chi connectivity index (χ1n) is 7.00. The second kappa shape index (κ2) is 5.53. The number of benzene rings is 1. The van der Waals surface area contributed by atoms with Crippen molar-refractivity contribution in [3.63, 3.8) is 0 Å². The van der Waals surface area contributed by atoms with E-state index >= 15 is 0 Å². The van der Waals surface area contributed by atoms with Gasteiger partial charge in [0.25, 0.3) is 0 Å². The standard InChI is InChI=1S/C17H21NO2/c1-5-12-7-6-8-13-16(11(4)18-17(12)13)14(10(2)3)9-15(19)20/h6-10,18H,5H2,1-4H3,(H,19,20)/b14-9+. The molecule has 1 aromatic heterocycles. The summed E-state index contributed by atoms with van der Waals surface area (Å²) in [5, 5.41) is 10.2. The molecule has 3 heteroatoms. The van der Waals surface area contributed by atoms with Gasteiger partial charge in [0.1, 0.15) is 0 Å². The van der Waals surface area contributed by atoms with E-state index in [1.165, 1.54) is 11.6 Å². The second-order valence-corrected chi connectivity index (χ2v) is 5.41. The fourth-order valence-electron chi connectivity index (χ4n) is 2.74. The van der Waals surface area contributed by atoms with Crippen LogP contribution in [0.25, 0.3) is 16.5 Å². The number of allylic oxidation sites excluding steroid dienone is 1. The van der Waals surface area contributed by atoms with Crippen molar-refractivity contribution < 1.29 is 9.90 Å². The lowest BCUT2D eigenvalue weighted by molar-refractivity contribution is -0.131. The summed E-state index contributed by atoms with van der Waals surface area (Å²) in [7, 11) is 0. The first kappa shape index (κ1) is 14.4. The molecular formula is C17H21NO2. The van der Waals surface area contributed by atoms with Crippen LogP contribution in [-0.2, 0) is 11.2 Å².